The molecule has 2 heterocycles. The number of aromatic nitrogens is 1. The third-order valence-corrected chi connectivity index (χ3v) is 9.88. The number of nitrogens with zero attached hydrogens (tertiary/aromatic N) is 1. The van der Waals surface area contributed by atoms with Gasteiger partial charge in [0.2, 0.25) is 0 Å². The lowest BCUT2D eigenvalue weighted by atomic mass is 9.93. The summed E-state index contributed by atoms with van der Waals surface area (Å²) in [6, 6.07) is 45.9. The topological polar surface area (TPSA) is 26.0 Å². The second-order valence-electron chi connectivity index (χ2n) is 11.1. The lowest BCUT2D eigenvalue weighted by molar-refractivity contribution is 0.669. The Kier molecular flexibility index (Phi) is 4.36. The summed E-state index contributed by atoms with van der Waals surface area (Å²) in [5.74, 6) is 0. The zero-order valence-electron chi connectivity index (χ0n) is 22.4. The van der Waals surface area contributed by atoms with Crippen molar-refractivity contribution < 1.29 is 4.42 Å². The highest BCUT2D eigenvalue weighted by atomic mass is 32.1. The molecule has 0 aliphatic heterocycles. The van der Waals surface area contributed by atoms with E-state index in [0.29, 0.717) is 0 Å². The Bertz CT molecular complexity index is 2570. The van der Waals surface area contributed by atoms with E-state index in [2.05, 4.69) is 121 Å². The van der Waals surface area contributed by atoms with E-state index in [0.717, 1.165) is 27.3 Å². The Morgan fingerprint density at radius 2 is 1.38 bits per heavy atom. The molecule has 10 rings (SSSR count). The second kappa shape index (κ2) is 8.16. The van der Waals surface area contributed by atoms with Crippen molar-refractivity contribution in [3.05, 3.63) is 127 Å². The molecule has 1 aliphatic carbocycles. The highest BCUT2D eigenvalue weighted by Crippen LogP contribution is 2.53. The molecule has 7 aromatic carbocycles. The van der Waals surface area contributed by atoms with E-state index < -0.39 is 0 Å². The fourth-order valence-corrected chi connectivity index (χ4v) is 7.92. The molecule has 3 heteroatoms. The minimum absolute atomic E-state index is 0.931. The number of benzene rings is 7. The number of furan rings is 1. The van der Waals surface area contributed by atoms with Crippen LogP contribution in [0.3, 0.4) is 0 Å². The van der Waals surface area contributed by atoms with Crippen molar-refractivity contribution >= 4 is 65.0 Å². The fourth-order valence-electron chi connectivity index (χ4n) is 6.93. The average molecular weight is 552 g/mol. The van der Waals surface area contributed by atoms with Crippen molar-refractivity contribution in [2.45, 2.75) is 0 Å². The van der Waals surface area contributed by atoms with Gasteiger partial charge in [-0.05, 0) is 86.4 Å². The van der Waals surface area contributed by atoms with Crippen LogP contribution in [0.5, 0.6) is 0 Å². The van der Waals surface area contributed by atoms with Crippen LogP contribution < -0.4 is 0 Å². The molecule has 0 amide bonds. The first-order valence-corrected chi connectivity index (χ1v) is 15.0. The van der Waals surface area contributed by atoms with Crippen molar-refractivity contribution in [3.8, 4) is 44.0 Å². The van der Waals surface area contributed by atoms with Gasteiger partial charge in [-0.1, -0.05) is 84.9 Å². The predicted octanol–water partition coefficient (Wildman–Crippen LogP) is 11.5. The number of hydrogen-bond donors (Lipinski definition) is 0. The molecular weight excluding hydrogens is 531 g/mol. The second-order valence-corrected chi connectivity index (χ2v) is 12.2. The zero-order valence-corrected chi connectivity index (χ0v) is 23.2. The Balaban J connectivity index is 1.23. The van der Waals surface area contributed by atoms with Gasteiger partial charge in [-0.3, -0.25) is 0 Å². The predicted molar refractivity (Wildman–Crippen MR) is 177 cm³/mol. The Morgan fingerprint density at radius 3 is 2.33 bits per heavy atom. The summed E-state index contributed by atoms with van der Waals surface area (Å²) in [6.45, 7) is 0. The molecule has 0 saturated heterocycles. The number of thiazole rings is 1. The number of fused-ring (bicyclic) bond motifs is 10. The van der Waals surface area contributed by atoms with E-state index >= 15 is 0 Å². The maximum absolute atomic E-state index is 6.30. The first-order chi connectivity index (χ1) is 20.8. The molecule has 0 unspecified atom stereocenters. The van der Waals surface area contributed by atoms with Crippen molar-refractivity contribution in [2.75, 3.05) is 0 Å². The third kappa shape index (κ3) is 3.01. The van der Waals surface area contributed by atoms with Gasteiger partial charge < -0.3 is 4.42 Å². The lowest BCUT2D eigenvalue weighted by Gasteiger charge is -2.10. The van der Waals surface area contributed by atoms with Gasteiger partial charge in [-0.25, -0.2) is 4.98 Å². The Morgan fingerprint density at radius 1 is 0.500 bits per heavy atom. The summed E-state index contributed by atoms with van der Waals surface area (Å²) in [5.41, 5.74) is 11.7. The van der Waals surface area contributed by atoms with Crippen molar-refractivity contribution in [3.63, 3.8) is 0 Å². The summed E-state index contributed by atoms with van der Waals surface area (Å²) < 4.78 is 7.52. The van der Waals surface area contributed by atoms with Crippen LogP contribution in [0, 0.1) is 0 Å². The molecule has 2 aromatic heterocycles. The van der Waals surface area contributed by atoms with E-state index in [4.69, 9.17) is 9.40 Å². The zero-order chi connectivity index (χ0) is 27.4. The van der Waals surface area contributed by atoms with E-state index in [1.54, 1.807) is 11.3 Å². The molecular formula is C39H21NOS. The maximum Gasteiger partial charge on any atom is 0.136 e. The Hall–Kier alpha value is -5.25. The lowest BCUT2D eigenvalue weighted by Crippen LogP contribution is -1.84. The average Bonchev–Trinajstić information content (AvgIpc) is 3.74. The minimum atomic E-state index is 0.931. The van der Waals surface area contributed by atoms with Gasteiger partial charge in [0.1, 0.15) is 16.2 Å². The number of hydrogen-bond acceptors (Lipinski definition) is 3. The molecule has 0 atom stereocenters. The summed E-state index contributed by atoms with van der Waals surface area (Å²) in [6.07, 6.45) is 0. The molecule has 0 N–H and O–H groups in total. The largest absolute Gasteiger partial charge is 0.456 e. The van der Waals surface area contributed by atoms with Crippen molar-refractivity contribution in [1.29, 1.82) is 0 Å². The monoisotopic (exact) mass is 551 g/mol. The van der Waals surface area contributed by atoms with Crippen LogP contribution in [-0.2, 0) is 0 Å². The van der Waals surface area contributed by atoms with Crippen molar-refractivity contribution in [1.82, 2.24) is 4.98 Å². The smallest absolute Gasteiger partial charge is 0.136 e. The maximum atomic E-state index is 6.30. The molecule has 2 nitrogen and oxygen atoms in total. The first-order valence-electron chi connectivity index (χ1n) is 14.2. The summed E-state index contributed by atoms with van der Waals surface area (Å²) >= 11 is 1.76. The van der Waals surface area contributed by atoms with Crippen LogP contribution in [-0.4, -0.2) is 4.98 Å². The SMILES string of the molecule is c1ccc(-c2nc3c(ccc4ccc(-c5cc6c7c(cccc7c5)-c5ccc7oc8ccccc8c7c5-6)cc43)s2)cc1. The highest BCUT2D eigenvalue weighted by molar-refractivity contribution is 7.21. The number of rotatable bonds is 2. The Labute approximate surface area is 245 Å². The standard InChI is InChI=1S/C39H21NOS/c1-2-7-23(8-3-1)39-40-38-30-20-24(14-13-22(30)15-18-34(38)42-39)26-19-25-9-6-11-27-28-16-17-33-37(36(28)31(21-26)35(25)27)29-10-4-5-12-32(29)41-33/h1-21H. The van der Waals surface area contributed by atoms with Crippen LogP contribution >= 0.6 is 11.3 Å². The summed E-state index contributed by atoms with van der Waals surface area (Å²) in [7, 11) is 0. The number of para-hydroxylation sites is 1. The van der Waals surface area contributed by atoms with Gasteiger partial charge >= 0.3 is 0 Å². The van der Waals surface area contributed by atoms with Crippen molar-refractivity contribution in [2.24, 2.45) is 0 Å². The highest BCUT2D eigenvalue weighted by Gasteiger charge is 2.26. The van der Waals surface area contributed by atoms with E-state index in [-0.39, 0.29) is 0 Å². The fraction of sp³-hybridized carbons (Fsp3) is 0. The van der Waals surface area contributed by atoms with Crippen LogP contribution in [0.1, 0.15) is 0 Å². The molecule has 9 aromatic rings. The van der Waals surface area contributed by atoms with Gasteiger partial charge in [0, 0.05) is 27.3 Å². The molecule has 0 bridgehead atoms. The van der Waals surface area contributed by atoms with Gasteiger partial charge in [0.15, 0.2) is 0 Å². The van der Waals surface area contributed by atoms with E-state index in [9.17, 15) is 0 Å². The summed E-state index contributed by atoms with van der Waals surface area (Å²) in [5, 5.41) is 8.41. The van der Waals surface area contributed by atoms with Gasteiger partial charge in [-0.2, -0.15) is 0 Å². The van der Waals surface area contributed by atoms with Crippen LogP contribution in [0.15, 0.2) is 132 Å². The third-order valence-electron chi connectivity index (χ3n) is 8.81. The van der Waals surface area contributed by atoms with E-state index in [1.165, 1.54) is 70.4 Å². The molecule has 0 spiro atoms. The van der Waals surface area contributed by atoms with E-state index in [1.807, 2.05) is 6.07 Å². The van der Waals surface area contributed by atoms with Gasteiger partial charge in [-0.15, -0.1) is 11.3 Å². The minimum Gasteiger partial charge on any atom is -0.456 e. The van der Waals surface area contributed by atoms with Crippen LogP contribution in [0.4, 0.5) is 0 Å². The quantitative estimate of drug-likeness (QED) is 0.214. The molecule has 0 saturated carbocycles. The summed E-state index contributed by atoms with van der Waals surface area (Å²) in [4.78, 5) is 5.13. The molecule has 194 valence electrons. The normalized spacial score (nSPS) is 12.3. The molecule has 0 radical (unpaired) electrons. The van der Waals surface area contributed by atoms with Crippen LogP contribution in [0.25, 0.3) is 97.7 Å². The van der Waals surface area contributed by atoms with Crippen LogP contribution in [0.2, 0.25) is 0 Å². The van der Waals surface area contributed by atoms with Gasteiger partial charge in [0.25, 0.3) is 0 Å². The molecule has 42 heavy (non-hydrogen) atoms. The first kappa shape index (κ1) is 22.4. The molecule has 1 aliphatic rings. The molecule has 0 fully saturated rings. The van der Waals surface area contributed by atoms with Gasteiger partial charge in [0.05, 0.1) is 10.2 Å².